The molecule has 0 aliphatic carbocycles. The summed E-state index contributed by atoms with van der Waals surface area (Å²) in [5.74, 6) is 0. The summed E-state index contributed by atoms with van der Waals surface area (Å²) in [5, 5.41) is 0. The number of rotatable bonds is 0. The van der Waals surface area contributed by atoms with Gasteiger partial charge in [0, 0.05) is 36.5 Å². The fourth-order valence-electron chi connectivity index (χ4n) is 0. The molecule has 4 heteroatoms. The van der Waals surface area contributed by atoms with Gasteiger partial charge < -0.3 is 0 Å². The van der Waals surface area contributed by atoms with Crippen LogP contribution in [0.3, 0.4) is 0 Å². The van der Waals surface area contributed by atoms with E-state index in [4.69, 9.17) is 0 Å². The average Bonchev–Trinajstić information content (AvgIpc) is 0. The van der Waals surface area contributed by atoms with Gasteiger partial charge in [0.2, 0.25) is 0 Å². The summed E-state index contributed by atoms with van der Waals surface area (Å²) in [6, 6.07) is 0. The maximum Gasteiger partial charge on any atom is 0 e. The second-order valence-corrected chi connectivity index (χ2v) is 0. The quantitative estimate of drug-likeness (QED) is 0.384. The second kappa shape index (κ2) is 16.9. The first kappa shape index (κ1) is 28.8. The summed E-state index contributed by atoms with van der Waals surface area (Å²) in [4.78, 5) is 0. The molecular weight excluding hydrogens is 447 g/mol. The van der Waals surface area contributed by atoms with Crippen molar-refractivity contribution >= 4 is 51.2 Å². The van der Waals surface area contributed by atoms with Crippen molar-refractivity contribution in [3.05, 3.63) is 0 Å². The third-order valence-electron chi connectivity index (χ3n) is 0. The van der Waals surface area contributed by atoms with Crippen LogP contribution in [0.15, 0.2) is 0 Å². The van der Waals surface area contributed by atoms with E-state index < -0.39 is 0 Å². The fraction of sp³-hybridized carbons (Fsp3) is 0. The monoisotopic (exact) mass is 453 g/mol. The van der Waals surface area contributed by atoms with Gasteiger partial charge in [-0.05, 0) is 0 Å². The zero-order valence-electron chi connectivity index (χ0n) is 3.47. The molecule has 0 aliphatic rings. The zero-order valence-corrected chi connectivity index (χ0v) is 16.1. The van der Waals surface area contributed by atoms with Gasteiger partial charge in [0.1, 0.15) is 0 Å². The molecule has 0 rings (SSSR count). The largest absolute Gasteiger partial charge is 0 e. The van der Waals surface area contributed by atoms with Gasteiger partial charge >= 0.3 is 52.6 Å². The van der Waals surface area contributed by atoms with Gasteiger partial charge in [-0.2, -0.15) is 0 Å². The summed E-state index contributed by atoms with van der Waals surface area (Å²) < 4.78 is 0. The third-order valence-corrected chi connectivity index (χ3v) is 0. The molecule has 0 N–H and O–H groups in total. The van der Waals surface area contributed by atoms with Crippen molar-refractivity contribution in [1.82, 2.24) is 0 Å². The Labute approximate surface area is 87.7 Å². The van der Waals surface area contributed by atoms with Crippen LogP contribution in [-0.2, 0) is 36.5 Å². The molecule has 0 saturated heterocycles. The minimum Gasteiger partial charge on any atom is 0 e. The van der Waals surface area contributed by atoms with E-state index in [1.807, 2.05) is 0 Å². The predicted octanol–water partition coefficient (Wildman–Crippen LogP) is -1.72. The van der Waals surface area contributed by atoms with Gasteiger partial charge in [-0.15, -0.1) is 0 Å². The molecule has 0 aromatic carbocycles. The molecule has 0 bridgehead atoms. The van der Waals surface area contributed by atoms with Crippen LogP contribution >= 0.6 is 0 Å². The molecule has 0 aromatic rings. The van der Waals surface area contributed by atoms with Crippen LogP contribution in [0.1, 0.15) is 1.43 Å². The van der Waals surface area contributed by atoms with Crippen molar-refractivity contribution in [2.24, 2.45) is 0 Å². The van der Waals surface area contributed by atoms with E-state index in [9.17, 15) is 0 Å². The molecule has 0 unspecified atom stereocenters. The second-order valence-electron chi connectivity index (χ2n) is 0. The molecule has 0 aliphatic heterocycles. The van der Waals surface area contributed by atoms with E-state index in [-0.39, 0.29) is 89.2 Å². The molecule has 0 saturated carbocycles. The van der Waals surface area contributed by atoms with Crippen LogP contribution in [0.2, 0.25) is 0 Å². The molecular formula is H5FePbSnZn+. The zero-order chi connectivity index (χ0) is 0. The van der Waals surface area contributed by atoms with Crippen molar-refractivity contribution in [2.45, 2.75) is 0 Å². The van der Waals surface area contributed by atoms with Crippen molar-refractivity contribution in [3.8, 4) is 0 Å². The van der Waals surface area contributed by atoms with Crippen molar-refractivity contribution in [1.29, 1.82) is 0 Å². The van der Waals surface area contributed by atoms with E-state index in [0.29, 0.717) is 0 Å². The van der Waals surface area contributed by atoms with Gasteiger partial charge in [-0.3, -0.25) is 0 Å². The van der Waals surface area contributed by atoms with E-state index in [0.717, 1.165) is 0 Å². The molecule has 4 radical (unpaired) electrons. The molecule has 0 heterocycles. The van der Waals surface area contributed by atoms with Crippen molar-refractivity contribution in [2.75, 3.05) is 0 Å². The summed E-state index contributed by atoms with van der Waals surface area (Å²) in [6.45, 7) is 0. The summed E-state index contributed by atoms with van der Waals surface area (Å²) in [5.41, 5.74) is 0. The normalized spacial score (nSPS) is 0. The van der Waals surface area contributed by atoms with Crippen molar-refractivity contribution < 1.29 is 38.0 Å². The van der Waals surface area contributed by atoms with Gasteiger partial charge in [0.25, 0.3) is 0 Å². The summed E-state index contributed by atoms with van der Waals surface area (Å²) in [7, 11) is 0. The molecule has 22 valence electrons. The number of hydrogen-bond donors (Lipinski definition) is 0. The minimum absolute atomic E-state index is 0. The van der Waals surface area contributed by atoms with Gasteiger partial charge in [-0.1, -0.05) is 0 Å². The van der Waals surface area contributed by atoms with Crippen LogP contribution in [0, 0.1) is 0 Å². The molecule has 0 nitrogen and oxygen atoms in total. The maximum absolute atomic E-state index is 0. The van der Waals surface area contributed by atoms with E-state index >= 15 is 0 Å². The maximum atomic E-state index is 0. The Morgan fingerprint density at radius 2 is 1.25 bits per heavy atom. The molecule has 0 amide bonds. The first-order valence-electron chi connectivity index (χ1n) is 0. The molecule has 4 heavy (non-hydrogen) atoms. The van der Waals surface area contributed by atoms with Gasteiger partial charge in [-0.25, -0.2) is 0 Å². The Hall–Kier alpha value is 2.86. The van der Waals surface area contributed by atoms with Crippen LogP contribution < -0.4 is 0 Å². The molecule has 0 aromatic heterocycles. The topological polar surface area (TPSA) is 0 Å². The summed E-state index contributed by atoms with van der Waals surface area (Å²) in [6.07, 6.45) is 0. The van der Waals surface area contributed by atoms with Gasteiger partial charge in [0.15, 0.2) is 0 Å². The molecule has 0 atom stereocenters. The van der Waals surface area contributed by atoms with E-state index in [2.05, 4.69) is 0 Å². The smallest absolute Gasteiger partial charge is 0 e. The number of hydrogen-bond acceptors (Lipinski definition) is 0. The minimum atomic E-state index is 0. The van der Waals surface area contributed by atoms with Crippen LogP contribution in [0.25, 0.3) is 0 Å². The van der Waals surface area contributed by atoms with E-state index in [1.165, 1.54) is 0 Å². The Bertz CT molecular complexity index is 11.6. The Morgan fingerprint density at radius 3 is 1.25 bits per heavy atom. The predicted molar refractivity (Wildman–Crippen MR) is 18.2 cm³/mol. The molecule has 0 spiro atoms. The fourth-order valence-corrected chi connectivity index (χ4v) is 0. The summed E-state index contributed by atoms with van der Waals surface area (Å²) >= 11 is 0. The van der Waals surface area contributed by atoms with Gasteiger partial charge in [0.05, 0.1) is 0 Å². The average molecular weight is 452 g/mol. The first-order valence-corrected chi connectivity index (χ1v) is 0. The Kier molecular flexibility index (Phi) is 122. The Morgan fingerprint density at radius 1 is 1.25 bits per heavy atom. The Balaban J connectivity index is 0. The SMILES string of the molecule is [Fe].[H+].[PbH2].[SnH2].[Zn]. The van der Waals surface area contributed by atoms with E-state index in [1.54, 1.807) is 0 Å². The van der Waals surface area contributed by atoms with Crippen LogP contribution in [0.5, 0.6) is 0 Å². The van der Waals surface area contributed by atoms with Crippen LogP contribution in [-0.4, -0.2) is 51.2 Å². The van der Waals surface area contributed by atoms with Crippen molar-refractivity contribution in [3.63, 3.8) is 0 Å². The standard InChI is InChI=1S/Fe.Pb.Sn.Zn.4H/p+1. The van der Waals surface area contributed by atoms with Crippen LogP contribution in [0.4, 0.5) is 0 Å². The third kappa shape index (κ3) is 8.85. The molecule has 0 fully saturated rings. The first-order chi connectivity index (χ1) is 0.